The van der Waals surface area contributed by atoms with Crippen molar-refractivity contribution in [3.05, 3.63) is 0 Å². The lowest BCUT2D eigenvalue weighted by molar-refractivity contribution is -0.143. The van der Waals surface area contributed by atoms with E-state index in [-0.39, 0.29) is 12.8 Å². The summed E-state index contributed by atoms with van der Waals surface area (Å²) in [4.78, 5) is 69.3. The quantitative estimate of drug-likeness (QED) is 0.132. The van der Waals surface area contributed by atoms with Crippen molar-refractivity contribution < 1.29 is 44.1 Å². The van der Waals surface area contributed by atoms with Gasteiger partial charge in [0.15, 0.2) is 0 Å². The third-order valence-electron chi connectivity index (χ3n) is 3.84. The third kappa shape index (κ3) is 10.3. The molecule has 0 aliphatic rings. The van der Waals surface area contributed by atoms with Crippen molar-refractivity contribution >= 4 is 35.6 Å². The average molecular weight is 433 g/mol. The van der Waals surface area contributed by atoms with E-state index in [4.69, 9.17) is 21.7 Å². The minimum Gasteiger partial charge on any atom is -0.481 e. The van der Waals surface area contributed by atoms with Crippen molar-refractivity contribution in [3.63, 3.8) is 0 Å². The fourth-order valence-electron chi connectivity index (χ4n) is 2.25. The molecule has 14 heteroatoms. The number of aliphatic hydroxyl groups excluding tert-OH is 1. The molecule has 0 aliphatic carbocycles. The molecule has 0 rings (SSSR count). The van der Waals surface area contributed by atoms with Crippen molar-refractivity contribution in [2.24, 2.45) is 11.5 Å². The van der Waals surface area contributed by atoms with Crippen LogP contribution in [0.1, 0.15) is 32.6 Å². The third-order valence-corrected chi connectivity index (χ3v) is 3.84. The van der Waals surface area contributed by atoms with Crippen LogP contribution in [0.3, 0.4) is 0 Å². The molecular formula is C16H27N5O9. The van der Waals surface area contributed by atoms with Crippen LogP contribution in [0.4, 0.5) is 0 Å². The first-order valence-corrected chi connectivity index (χ1v) is 8.90. The summed E-state index contributed by atoms with van der Waals surface area (Å²) in [6.45, 7) is 0.734. The van der Waals surface area contributed by atoms with Crippen LogP contribution >= 0.6 is 0 Å². The molecular weight excluding hydrogens is 406 g/mol. The van der Waals surface area contributed by atoms with Crippen LogP contribution in [-0.2, 0) is 28.8 Å². The Balaban J connectivity index is 5.39. The van der Waals surface area contributed by atoms with Gasteiger partial charge in [-0.25, -0.2) is 4.79 Å². The highest BCUT2D eigenvalue weighted by Crippen LogP contribution is 2.04. The number of primary amides is 1. The Morgan fingerprint density at radius 1 is 0.867 bits per heavy atom. The molecule has 0 saturated carbocycles. The number of hydrogen-bond acceptors (Lipinski definition) is 8. The molecule has 0 bridgehead atoms. The minimum absolute atomic E-state index is 0.310. The highest BCUT2D eigenvalue weighted by molar-refractivity contribution is 5.94. The van der Waals surface area contributed by atoms with Gasteiger partial charge in [-0.05, 0) is 19.8 Å². The van der Waals surface area contributed by atoms with Gasteiger partial charge in [0.1, 0.15) is 18.1 Å². The van der Waals surface area contributed by atoms with Crippen molar-refractivity contribution in [1.82, 2.24) is 16.0 Å². The number of carbonyl (C=O) groups is 6. The molecule has 14 nitrogen and oxygen atoms in total. The first kappa shape index (κ1) is 26.7. The van der Waals surface area contributed by atoms with Crippen LogP contribution in [0.15, 0.2) is 0 Å². The predicted octanol–water partition coefficient (Wildman–Crippen LogP) is -4.00. The van der Waals surface area contributed by atoms with E-state index in [1.54, 1.807) is 0 Å². The lowest BCUT2D eigenvalue weighted by Crippen LogP contribution is -2.58. The number of aliphatic carboxylic acids is 2. The standard InChI is InChI=1S/C16H27N5O9/c1-7(22)13(21-11(24)6-17)15(28)19-8(2-4-10(18)23)14(27)20-9(16(29)30)3-5-12(25)26/h7-9,13,22H,2-6,17H2,1H3,(H2,18,23)(H,19,28)(H,20,27)(H,21,24)(H,25,26)(H,29,30). The summed E-state index contributed by atoms with van der Waals surface area (Å²) in [5, 5.41) is 34.0. The van der Waals surface area contributed by atoms with E-state index < -0.39 is 79.2 Å². The van der Waals surface area contributed by atoms with Gasteiger partial charge in [0.05, 0.1) is 12.6 Å². The second kappa shape index (κ2) is 13.1. The number of hydrogen-bond donors (Lipinski definition) is 8. The molecule has 0 fully saturated rings. The molecule has 0 radical (unpaired) electrons. The monoisotopic (exact) mass is 433 g/mol. The van der Waals surface area contributed by atoms with Crippen molar-refractivity contribution in [2.75, 3.05) is 6.54 Å². The van der Waals surface area contributed by atoms with Crippen LogP contribution in [0.25, 0.3) is 0 Å². The Morgan fingerprint density at radius 2 is 1.40 bits per heavy atom. The van der Waals surface area contributed by atoms with Crippen molar-refractivity contribution in [2.45, 2.75) is 56.8 Å². The van der Waals surface area contributed by atoms with Gasteiger partial charge in [0, 0.05) is 12.8 Å². The van der Waals surface area contributed by atoms with Gasteiger partial charge in [-0.3, -0.25) is 24.0 Å². The molecule has 4 amide bonds. The second-order valence-corrected chi connectivity index (χ2v) is 6.39. The number of carbonyl (C=O) groups excluding carboxylic acids is 4. The molecule has 4 unspecified atom stereocenters. The normalized spacial score (nSPS) is 14.5. The van der Waals surface area contributed by atoms with E-state index in [0.29, 0.717) is 0 Å². The smallest absolute Gasteiger partial charge is 0.326 e. The van der Waals surface area contributed by atoms with Gasteiger partial charge >= 0.3 is 11.9 Å². The number of aliphatic hydroxyl groups is 1. The van der Waals surface area contributed by atoms with Gasteiger partial charge in [-0.2, -0.15) is 0 Å². The maximum atomic E-state index is 12.5. The summed E-state index contributed by atoms with van der Waals surface area (Å²) in [6.07, 6.45) is -2.99. The van der Waals surface area contributed by atoms with E-state index in [1.807, 2.05) is 0 Å². The molecule has 0 aliphatic heterocycles. The zero-order valence-electron chi connectivity index (χ0n) is 16.3. The number of carboxylic acids is 2. The molecule has 0 heterocycles. The Hall–Kier alpha value is -3.26. The number of nitrogens with two attached hydrogens (primary N) is 2. The summed E-state index contributed by atoms with van der Waals surface area (Å²) in [5.74, 6) is -6.34. The number of amides is 4. The van der Waals surface area contributed by atoms with E-state index in [1.165, 1.54) is 6.92 Å². The molecule has 4 atom stereocenters. The minimum atomic E-state index is -1.56. The highest BCUT2D eigenvalue weighted by atomic mass is 16.4. The van der Waals surface area contributed by atoms with Gasteiger partial charge < -0.3 is 42.7 Å². The summed E-state index contributed by atoms with van der Waals surface area (Å²) in [6, 6.07) is -4.49. The summed E-state index contributed by atoms with van der Waals surface area (Å²) in [7, 11) is 0. The van der Waals surface area contributed by atoms with Gasteiger partial charge in [-0.1, -0.05) is 0 Å². The van der Waals surface area contributed by atoms with Crippen LogP contribution < -0.4 is 27.4 Å². The zero-order valence-corrected chi connectivity index (χ0v) is 16.3. The largest absolute Gasteiger partial charge is 0.481 e. The lowest BCUT2D eigenvalue weighted by atomic mass is 10.1. The highest BCUT2D eigenvalue weighted by Gasteiger charge is 2.31. The fourth-order valence-corrected chi connectivity index (χ4v) is 2.25. The van der Waals surface area contributed by atoms with E-state index in [2.05, 4.69) is 16.0 Å². The van der Waals surface area contributed by atoms with E-state index >= 15 is 0 Å². The SMILES string of the molecule is CC(O)C(NC(=O)CN)C(=O)NC(CCC(N)=O)C(=O)NC(CCC(=O)O)C(=O)O. The topological polar surface area (TPSA) is 251 Å². The molecule has 0 spiro atoms. The van der Waals surface area contributed by atoms with Crippen molar-refractivity contribution in [3.8, 4) is 0 Å². The van der Waals surface area contributed by atoms with Gasteiger partial charge in [-0.15, -0.1) is 0 Å². The van der Waals surface area contributed by atoms with Crippen molar-refractivity contribution in [1.29, 1.82) is 0 Å². The maximum absolute atomic E-state index is 12.5. The number of rotatable bonds is 14. The second-order valence-electron chi connectivity index (χ2n) is 6.39. The molecule has 30 heavy (non-hydrogen) atoms. The van der Waals surface area contributed by atoms with Crippen LogP contribution in [-0.4, -0.2) is 81.7 Å². The van der Waals surface area contributed by atoms with Gasteiger partial charge in [0.2, 0.25) is 23.6 Å². The molecule has 0 aromatic rings. The Bertz CT molecular complexity index is 667. The molecule has 0 aromatic carbocycles. The number of carboxylic acid groups (broad SMARTS) is 2. The number of nitrogens with one attached hydrogen (secondary N) is 3. The lowest BCUT2D eigenvalue weighted by Gasteiger charge is -2.25. The molecule has 170 valence electrons. The molecule has 0 aromatic heterocycles. The average Bonchev–Trinajstić information content (AvgIpc) is 2.64. The van der Waals surface area contributed by atoms with E-state index in [9.17, 15) is 33.9 Å². The zero-order chi connectivity index (χ0) is 23.4. The first-order chi connectivity index (χ1) is 13.9. The van der Waals surface area contributed by atoms with Crippen LogP contribution in [0, 0.1) is 0 Å². The molecule has 0 saturated heterocycles. The maximum Gasteiger partial charge on any atom is 0.326 e. The Kier molecular flexibility index (Phi) is 11.6. The summed E-state index contributed by atoms with van der Waals surface area (Å²) in [5.41, 5.74) is 10.2. The van der Waals surface area contributed by atoms with Gasteiger partial charge in [0.25, 0.3) is 0 Å². The summed E-state index contributed by atoms with van der Waals surface area (Å²) < 4.78 is 0. The van der Waals surface area contributed by atoms with E-state index in [0.717, 1.165) is 0 Å². The van der Waals surface area contributed by atoms with Crippen LogP contribution in [0.5, 0.6) is 0 Å². The Labute approximate surface area is 171 Å². The fraction of sp³-hybridized carbons (Fsp3) is 0.625. The summed E-state index contributed by atoms with van der Waals surface area (Å²) >= 11 is 0. The molecule has 10 N–H and O–H groups in total. The first-order valence-electron chi connectivity index (χ1n) is 8.90. The predicted molar refractivity (Wildman–Crippen MR) is 99.5 cm³/mol. The Morgan fingerprint density at radius 3 is 1.83 bits per heavy atom. The van der Waals surface area contributed by atoms with Crippen LogP contribution in [0.2, 0.25) is 0 Å².